The van der Waals surface area contributed by atoms with E-state index in [0.717, 1.165) is 6.07 Å². The number of carbonyl (C=O) groups is 2. The topological polar surface area (TPSA) is 86.6 Å². The van der Waals surface area contributed by atoms with Crippen molar-refractivity contribution < 1.29 is 19.8 Å². The van der Waals surface area contributed by atoms with Crippen molar-refractivity contribution in [2.45, 2.75) is 6.92 Å². The molecule has 0 fully saturated rings. The molecule has 5 heteroatoms. The Labute approximate surface area is 91.7 Å². The Morgan fingerprint density at radius 3 is 2.62 bits per heavy atom. The molecule has 0 saturated heterocycles. The van der Waals surface area contributed by atoms with E-state index in [1.807, 2.05) is 0 Å². The van der Waals surface area contributed by atoms with Crippen LogP contribution in [-0.2, 0) is 4.79 Å². The number of hydrogen-bond acceptors (Lipinski definition) is 3. The third-order valence-corrected chi connectivity index (χ3v) is 1.72. The monoisotopic (exact) mass is 219 g/mol. The zero-order valence-electron chi connectivity index (χ0n) is 8.44. The van der Waals surface area contributed by atoms with Gasteiger partial charge in [-0.15, -0.1) is 0 Å². The van der Waals surface area contributed by atoms with Crippen molar-refractivity contribution in [3.63, 3.8) is 0 Å². The number of aromatic hydroxyl groups is 1. The number of amides is 1. The molecule has 3 N–H and O–H groups in total. The van der Waals surface area contributed by atoms with Gasteiger partial charge in [0.15, 0.2) is 0 Å². The minimum Gasteiger partial charge on any atom is -0.508 e. The second kappa shape index (κ2) is 4.84. The quantitative estimate of drug-likeness (QED) is 0.512. The van der Waals surface area contributed by atoms with Gasteiger partial charge in [-0.2, -0.15) is 0 Å². The van der Waals surface area contributed by atoms with E-state index in [0.29, 0.717) is 0 Å². The van der Waals surface area contributed by atoms with Gasteiger partial charge in [0.05, 0.1) is 11.3 Å². The van der Waals surface area contributed by atoms with Gasteiger partial charge < -0.3 is 15.5 Å². The summed E-state index contributed by atoms with van der Waals surface area (Å²) < 4.78 is 0. The standard InChI is InChI=1S/C11H9NO4/c1-2-3-10(14)12-9-5-4-7(13)6-8(9)11(15)16/h4-6,13H,1H3,(H,12,14)(H,15,16). The molecule has 82 valence electrons. The Morgan fingerprint density at radius 2 is 2.06 bits per heavy atom. The smallest absolute Gasteiger partial charge is 0.337 e. The van der Waals surface area contributed by atoms with Crippen LogP contribution in [-0.4, -0.2) is 22.1 Å². The summed E-state index contributed by atoms with van der Waals surface area (Å²) in [6.45, 7) is 1.49. The molecule has 0 aromatic heterocycles. The fourth-order valence-electron chi connectivity index (χ4n) is 1.09. The zero-order valence-corrected chi connectivity index (χ0v) is 8.44. The van der Waals surface area contributed by atoms with Crippen molar-refractivity contribution in [3.8, 4) is 17.6 Å². The van der Waals surface area contributed by atoms with Gasteiger partial charge in [-0.25, -0.2) is 4.79 Å². The number of anilines is 1. The minimum atomic E-state index is -1.24. The molecule has 1 amide bonds. The lowest BCUT2D eigenvalue weighted by atomic mass is 10.1. The molecule has 1 aromatic carbocycles. The lowest BCUT2D eigenvalue weighted by Gasteiger charge is -2.05. The number of aromatic carboxylic acids is 1. The summed E-state index contributed by atoms with van der Waals surface area (Å²) in [6, 6.07) is 3.63. The molecule has 0 spiro atoms. The largest absolute Gasteiger partial charge is 0.508 e. The highest BCUT2D eigenvalue weighted by Crippen LogP contribution is 2.21. The second-order valence-electron chi connectivity index (χ2n) is 2.86. The van der Waals surface area contributed by atoms with Crippen LogP contribution in [0.25, 0.3) is 0 Å². The molecule has 0 atom stereocenters. The van der Waals surface area contributed by atoms with Crippen LogP contribution in [0.4, 0.5) is 5.69 Å². The molecule has 0 unspecified atom stereocenters. The van der Waals surface area contributed by atoms with Crippen molar-refractivity contribution >= 4 is 17.6 Å². The molecular weight excluding hydrogens is 210 g/mol. The maximum atomic E-state index is 11.1. The lowest BCUT2D eigenvalue weighted by Crippen LogP contribution is -2.12. The van der Waals surface area contributed by atoms with Crippen LogP contribution < -0.4 is 5.32 Å². The van der Waals surface area contributed by atoms with Crippen LogP contribution in [0.1, 0.15) is 17.3 Å². The second-order valence-corrected chi connectivity index (χ2v) is 2.86. The highest BCUT2D eigenvalue weighted by molar-refractivity contribution is 6.07. The molecule has 0 aliphatic carbocycles. The first-order valence-electron chi connectivity index (χ1n) is 4.34. The van der Waals surface area contributed by atoms with E-state index in [1.165, 1.54) is 19.1 Å². The average Bonchev–Trinajstić information content (AvgIpc) is 2.20. The van der Waals surface area contributed by atoms with Crippen LogP contribution >= 0.6 is 0 Å². The number of phenols is 1. The maximum absolute atomic E-state index is 11.1. The Morgan fingerprint density at radius 1 is 1.38 bits per heavy atom. The van der Waals surface area contributed by atoms with E-state index in [2.05, 4.69) is 17.2 Å². The van der Waals surface area contributed by atoms with Crippen molar-refractivity contribution in [1.29, 1.82) is 0 Å². The lowest BCUT2D eigenvalue weighted by molar-refractivity contribution is -0.111. The predicted molar refractivity (Wildman–Crippen MR) is 57.1 cm³/mol. The molecule has 1 aromatic rings. The third-order valence-electron chi connectivity index (χ3n) is 1.72. The number of carbonyl (C=O) groups excluding carboxylic acids is 1. The van der Waals surface area contributed by atoms with Crippen molar-refractivity contribution in [1.82, 2.24) is 0 Å². The average molecular weight is 219 g/mol. The molecule has 0 bridgehead atoms. The number of phenolic OH excluding ortho intramolecular Hbond substituents is 1. The van der Waals surface area contributed by atoms with Crippen LogP contribution in [0.15, 0.2) is 18.2 Å². The fraction of sp³-hybridized carbons (Fsp3) is 0.0909. The SMILES string of the molecule is CC#CC(=O)Nc1ccc(O)cc1C(=O)O. The van der Waals surface area contributed by atoms with Gasteiger partial charge in [-0.1, -0.05) is 5.92 Å². The molecule has 1 rings (SSSR count). The van der Waals surface area contributed by atoms with Crippen molar-refractivity contribution in [3.05, 3.63) is 23.8 Å². The number of nitrogens with one attached hydrogen (secondary N) is 1. The highest BCUT2D eigenvalue weighted by Gasteiger charge is 2.12. The van der Waals surface area contributed by atoms with E-state index in [-0.39, 0.29) is 17.0 Å². The zero-order chi connectivity index (χ0) is 12.1. The Hall–Kier alpha value is -2.48. The molecule has 0 radical (unpaired) electrons. The van der Waals surface area contributed by atoms with Gasteiger partial charge in [0.2, 0.25) is 0 Å². The molecule has 0 heterocycles. The third kappa shape index (κ3) is 2.75. The van der Waals surface area contributed by atoms with Crippen molar-refractivity contribution in [2.24, 2.45) is 0 Å². The highest BCUT2D eigenvalue weighted by atomic mass is 16.4. The molecule has 0 aliphatic rings. The molecule has 5 nitrogen and oxygen atoms in total. The van der Waals surface area contributed by atoms with Gasteiger partial charge in [-0.3, -0.25) is 4.79 Å². The van der Waals surface area contributed by atoms with Gasteiger partial charge in [0.1, 0.15) is 5.75 Å². The Kier molecular flexibility index (Phi) is 3.51. The van der Waals surface area contributed by atoms with Crippen LogP contribution in [0, 0.1) is 11.8 Å². The van der Waals surface area contributed by atoms with E-state index < -0.39 is 11.9 Å². The van der Waals surface area contributed by atoms with Crippen LogP contribution in [0.3, 0.4) is 0 Å². The first-order chi connectivity index (χ1) is 7.54. The molecular formula is C11H9NO4. The number of carboxylic acid groups (broad SMARTS) is 1. The summed E-state index contributed by atoms with van der Waals surface area (Å²) in [6.07, 6.45) is 0. The van der Waals surface area contributed by atoms with Gasteiger partial charge in [-0.05, 0) is 31.0 Å². The minimum absolute atomic E-state index is 0.0954. The first-order valence-corrected chi connectivity index (χ1v) is 4.34. The molecule has 0 aliphatic heterocycles. The Balaban J connectivity index is 3.07. The number of hydrogen-bond donors (Lipinski definition) is 3. The number of rotatable bonds is 2. The summed E-state index contributed by atoms with van der Waals surface area (Å²) in [5.41, 5.74) is -0.0932. The molecule has 16 heavy (non-hydrogen) atoms. The van der Waals surface area contributed by atoms with Crippen LogP contribution in [0.2, 0.25) is 0 Å². The van der Waals surface area contributed by atoms with Gasteiger partial charge in [0, 0.05) is 0 Å². The summed E-state index contributed by atoms with van der Waals surface area (Å²) in [4.78, 5) is 21.9. The summed E-state index contributed by atoms with van der Waals surface area (Å²) in [7, 11) is 0. The molecule has 0 saturated carbocycles. The number of carboxylic acids is 1. The summed E-state index contributed by atoms with van der Waals surface area (Å²) in [5.74, 6) is 2.58. The van der Waals surface area contributed by atoms with Gasteiger partial charge in [0.25, 0.3) is 5.91 Å². The summed E-state index contributed by atoms with van der Waals surface area (Å²) in [5, 5.41) is 20.3. The first kappa shape index (κ1) is 11.6. The van der Waals surface area contributed by atoms with E-state index in [4.69, 9.17) is 10.2 Å². The fourth-order valence-corrected chi connectivity index (χ4v) is 1.09. The van der Waals surface area contributed by atoms with Crippen molar-refractivity contribution in [2.75, 3.05) is 5.32 Å². The predicted octanol–water partition coefficient (Wildman–Crippen LogP) is 1.05. The van der Waals surface area contributed by atoms with E-state index in [1.54, 1.807) is 0 Å². The van der Waals surface area contributed by atoms with Gasteiger partial charge >= 0.3 is 5.97 Å². The normalized spacial score (nSPS) is 8.81. The maximum Gasteiger partial charge on any atom is 0.337 e. The van der Waals surface area contributed by atoms with E-state index >= 15 is 0 Å². The number of benzene rings is 1. The Bertz CT molecular complexity index is 496. The van der Waals surface area contributed by atoms with Crippen LogP contribution in [0.5, 0.6) is 5.75 Å². The summed E-state index contributed by atoms with van der Waals surface area (Å²) >= 11 is 0. The van der Waals surface area contributed by atoms with E-state index in [9.17, 15) is 9.59 Å².